The van der Waals surface area contributed by atoms with Crippen molar-refractivity contribution in [3.63, 3.8) is 0 Å². The van der Waals surface area contributed by atoms with Gasteiger partial charge in [-0.25, -0.2) is 0 Å². The van der Waals surface area contributed by atoms with Gasteiger partial charge >= 0.3 is 0 Å². The van der Waals surface area contributed by atoms with E-state index in [1.807, 2.05) is 23.9 Å². The quantitative estimate of drug-likeness (QED) is 0.562. The number of amides is 1. The highest BCUT2D eigenvalue weighted by Crippen LogP contribution is 2.34. The van der Waals surface area contributed by atoms with Gasteiger partial charge in [0, 0.05) is 28.1 Å². The fraction of sp³-hybridized carbons (Fsp3) is 0.562. The maximum Gasteiger partial charge on any atom is 0.224 e. The summed E-state index contributed by atoms with van der Waals surface area (Å²) in [5.41, 5.74) is 0.886. The summed E-state index contributed by atoms with van der Waals surface area (Å²) in [6.45, 7) is 0. The van der Waals surface area contributed by atoms with Crippen molar-refractivity contribution in [2.75, 3.05) is 11.2 Å². The molecule has 1 aliphatic rings. The fourth-order valence-electron chi connectivity index (χ4n) is 2.42. The largest absolute Gasteiger partial charge is 0.326 e. The number of carbonyl (C=O) groups excluding carboxylic acids is 1. The average molecular weight is 312 g/mol. The standard InChI is InChI=1S/C16H22ClNOS/c17-12-4-3-7-16(19)18-13-8-10-15(11-9-13)20-14-5-1-2-6-14/h8-11,14H,1-7,12H2,(H,18,19). The number of alkyl halides is 1. The lowest BCUT2D eigenvalue weighted by Crippen LogP contribution is -2.11. The summed E-state index contributed by atoms with van der Waals surface area (Å²) < 4.78 is 0. The molecule has 1 saturated carbocycles. The normalized spacial score (nSPS) is 15.4. The van der Waals surface area contributed by atoms with Crippen molar-refractivity contribution in [3.8, 4) is 0 Å². The summed E-state index contributed by atoms with van der Waals surface area (Å²) in [7, 11) is 0. The third kappa shape index (κ3) is 5.37. The monoisotopic (exact) mass is 311 g/mol. The summed E-state index contributed by atoms with van der Waals surface area (Å²) >= 11 is 7.57. The van der Waals surface area contributed by atoms with Gasteiger partial charge in [0.1, 0.15) is 0 Å². The molecule has 2 nitrogen and oxygen atoms in total. The van der Waals surface area contributed by atoms with E-state index in [9.17, 15) is 4.79 Å². The van der Waals surface area contributed by atoms with Crippen molar-refractivity contribution < 1.29 is 4.79 Å². The lowest BCUT2D eigenvalue weighted by atomic mass is 10.2. The van der Waals surface area contributed by atoms with Crippen LogP contribution in [-0.2, 0) is 4.79 Å². The van der Waals surface area contributed by atoms with Crippen LogP contribution in [0.1, 0.15) is 44.9 Å². The third-order valence-corrected chi connectivity index (χ3v) is 5.15. The van der Waals surface area contributed by atoms with E-state index >= 15 is 0 Å². The van der Waals surface area contributed by atoms with Gasteiger partial charge in [0.05, 0.1) is 0 Å². The molecule has 0 atom stereocenters. The molecule has 0 aliphatic heterocycles. The SMILES string of the molecule is O=C(CCCCCl)Nc1ccc(SC2CCCC2)cc1. The zero-order valence-corrected chi connectivity index (χ0v) is 13.3. The second-order valence-electron chi connectivity index (χ2n) is 5.24. The minimum absolute atomic E-state index is 0.0753. The predicted molar refractivity (Wildman–Crippen MR) is 87.8 cm³/mol. The Bertz CT molecular complexity index is 415. The topological polar surface area (TPSA) is 29.1 Å². The molecule has 0 unspecified atom stereocenters. The van der Waals surface area contributed by atoms with Gasteiger partial charge in [-0.3, -0.25) is 4.79 Å². The molecule has 1 aliphatic carbocycles. The molecule has 1 aromatic rings. The molecule has 0 heterocycles. The summed E-state index contributed by atoms with van der Waals surface area (Å²) in [6, 6.07) is 8.21. The molecule has 110 valence electrons. The number of thioether (sulfide) groups is 1. The number of hydrogen-bond acceptors (Lipinski definition) is 2. The van der Waals surface area contributed by atoms with Crippen LogP contribution >= 0.6 is 23.4 Å². The highest BCUT2D eigenvalue weighted by Gasteiger charge is 2.15. The molecule has 1 amide bonds. The van der Waals surface area contributed by atoms with Crippen molar-refractivity contribution in [2.24, 2.45) is 0 Å². The molecule has 0 saturated heterocycles. The molecule has 4 heteroatoms. The lowest BCUT2D eigenvalue weighted by molar-refractivity contribution is -0.116. The smallest absolute Gasteiger partial charge is 0.224 e. The van der Waals surface area contributed by atoms with E-state index in [0.29, 0.717) is 12.3 Å². The second kappa shape index (κ2) is 8.58. The van der Waals surface area contributed by atoms with Gasteiger partial charge in [-0.05, 0) is 49.9 Å². The van der Waals surface area contributed by atoms with Crippen molar-refractivity contribution in [3.05, 3.63) is 24.3 Å². The predicted octanol–water partition coefficient (Wildman–Crippen LogP) is 5.07. The number of unbranched alkanes of at least 4 members (excludes halogenated alkanes) is 1. The Labute approximate surface area is 130 Å². The lowest BCUT2D eigenvalue weighted by Gasteiger charge is -2.10. The highest BCUT2D eigenvalue weighted by molar-refractivity contribution is 8.00. The van der Waals surface area contributed by atoms with Gasteiger partial charge in [-0.15, -0.1) is 23.4 Å². The van der Waals surface area contributed by atoms with Crippen LogP contribution in [0.2, 0.25) is 0 Å². The number of rotatable bonds is 7. The molecular formula is C16H22ClNOS. The van der Waals surface area contributed by atoms with E-state index in [0.717, 1.165) is 23.8 Å². The van der Waals surface area contributed by atoms with Crippen LogP contribution in [0.3, 0.4) is 0 Å². The number of carbonyl (C=O) groups is 1. The molecule has 2 rings (SSSR count). The third-order valence-electron chi connectivity index (χ3n) is 3.53. The molecule has 0 aromatic heterocycles. The Morgan fingerprint density at radius 3 is 2.55 bits per heavy atom. The molecular weight excluding hydrogens is 290 g/mol. The zero-order valence-electron chi connectivity index (χ0n) is 11.7. The first-order valence-electron chi connectivity index (χ1n) is 7.40. The highest BCUT2D eigenvalue weighted by atomic mass is 35.5. The van der Waals surface area contributed by atoms with Gasteiger partial charge in [0.15, 0.2) is 0 Å². The number of halogens is 1. The summed E-state index contributed by atoms with van der Waals surface area (Å²) in [5.74, 6) is 0.701. The van der Waals surface area contributed by atoms with Gasteiger partial charge in [-0.1, -0.05) is 12.8 Å². The number of nitrogens with one attached hydrogen (secondary N) is 1. The minimum atomic E-state index is 0.0753. The van der Waals surface area contributed by atoms with Crippen molar-refractivity contribution in [1.29, 1.82) is 0 Å². The van der Waals surface area contributed by atoms with Crippen LogP contribution in [-0.4, -0.2) is 17.0 Å². The molecule has 1 fully saturated rings. The molecule has 0 bridgehead atoms. The van der Waals surface area contributed by atoms with Crippen LogP contribution in [0.15, 0.2) is 29.2 Å². The van der Waals surface area contributed by atoms with E-state index in [1.54, 1.807) is 0 Å². The van der Waals surface area contributed by atoms with Crippen molar-refractivity contribution in [2.45, 2.75) is 55.1 Å². The van der Waals surface area contributed by atoms with E-state index in [1.165, 1.54) is 30.6 Å². The Kier molecular flexibility index (Phi) is 6.74. The first kappa shape index (κ1) is 15.7. The number of benzene rings is 1. The van der Waals surface area contributed by atoms with Crippen LogP contribution in [0.5, 0.6) is 0 Å². The first-order valence-corrected chi connectivity index (χ1v) is 8.82. The summed E-state index contributed by atoms with van der Waals surface area (Å²) in [5, 5.41) is 3.71. The molecule has 1 aromatic carbocycles. The Morgan fingerprint density at radius 2 is 1.90 bits per heavy atom. The Morgan fingerprint density at radius 1 is 1.20 bits per heavy atom. The Hall–Kier alpha value is -0.670. The fourth-order valence-corrected chi connectivity index (χ4v) is 3.86. The number of anilines is 1. The van der Waals surface area contributed by atoms with Gasteiger partial charge < -0.3 is 5.32 Å². The van der Waals surface area contributed by atoms with Gasteiger partial charge in [0.25, 0.3) is 0 Å². The van der Waals surface area contributed by atoms with Crippen LogP contribution in [0.25, 0.3) is 0 Å². The van der Waals surface area contributed by atoms with Crippen LogP contribution < -0.4 is 5.32 Å². The van der Waals surface area contributed by atoms with E-state index in [2.05, 4.69) is 17.4 Å². The molecule has 20 heavy (non-hydrogen) atoms. The van der Waals surface area contributed by atoms with Gasteiger partial charge in [0.2, 0.25) is 5.91 Å². The number of hydrogen-bond donors (Lipinski definition) is 1. The Balaban J connectivity index is 1.77. The first-order chi connectivity index (χ1) is 9.78. The second-order valence-corrected chi connectivity index (χ2v) is 6.99. The maximum atomic E-state index is 11.7. The summed E-state index contributed by atoms with van der Waals surface area (Å²) in [6.07, 6.45) is 7.71. The van der Waals surface area contributed by atoms with E-state index in [-0.39, 0.29) is 5.91 Å². The molecule has 1 N–H and O–H groups in total. The van der Waals surface area contributed by atoms with Crippen molar-refractivity contribution >= 4 is 35.0 Å². The maximum absolute atomic E-state index is 11.7. The average Bonchev–Trinajstić information content (AvgIpc) is 2.94. The van der Waals surface area contributed by atoms with Crippen molar-refractivity contribution in [1.82, 2.24) is 0 Å². The van der Waals surface area contributed by atoms with E-state index in [4.69, 9.17) is 11.6 Å². The zero-order chi connectivity index (χ0) is 14.2. The summed E-state index contributed by atoms with van der Waals surface area (Å²) in [4.78, 5) is 13.0. The van der Waals surface area contributed by atoms with E-state index < -0.39 is 0 Å². The minimum Gasteiger partial charge on any atom is -0.326 e. The molecule has 0 radical (unpaired) electrons. The van der Waals surface area contributed by atoms with Crippen LogP contribution in [0, 0.1) is 0 Å². The van der Waals surface area contributed by atoms with Gasteiger partial charge in [-0.2, -0.15) is 0 Å². The molecule has 0 spiro atoms. The van der Waals surface area contributed by atoms with Crippen LogP contribution in [0.4, 0.5) is 5.69 Å².